The first-order chi connectivity index (χ1) is 11.5. The number of anilines is 1. The van der Waals surface area contributed by atoms with E-state index in [1.807, 2.05) is 35.5 Å². The Hall–Kier alpha value is -2.38. The van der Waals surface area contributed by atoms with Gasteiger partial charge in [-0.1, -0.05) is 12.1 Å². The number of likely N-dealkylation sites (N-methyl/N-ethyl adjacent to an activating group) is 1. The molecule has 2 heterocycles. The molecular formula is C17H19N3O3S. The Labute approximate surface area is 144 Å². The fraction of sp³-hybridized carbons (Fsp3) is 0.294. The van der Waals surface area contributed by atoms with Crippen LogP contribution in [0.3, 0.4) is 0 Å². The van der Waals surface area contributed by atoms with Gasteiger partial charge in [0.05, 0.1) is 18.8 Å². The second-order valence-corrected chi connectivity index (χ2v) is 6.56. The van der Waals surface area contributed by atoms with Gasteiger partial charge in [-0.25, -0.2) is 0 Å². The average molecular weight is 345 g/mol. The van der Waals surface area contributed by atoms with E-state index in [0.29, 0.717) is 18.0 Å². The Morgan fingerprint density at radius 3 is 2.88 bits per heavy atom. The van der Waals surface area contributed by atoms with E-state index >= 15 is 0 Å². The van der Waals surface area contributed by atoms with Crippen LogP contribution in [0.2, 0.25) is 0 Å². The zero-order chi connectivity index (χ0) is 17.1. The van der Waals surface area contributed by atoms with Gasteiger partial charge in [-0.15, -0.1) is 0 Å². The van der Waals surface area contributed by atoms with E-state index in [2.05, 4.69) is 5.38 Å². The van der Waals surface area contributed by atoms with Crippen molar-refractivity contribution in [3.05, 3.63) is 46.7 Å². The number of ether oxygens (including phenoxy) is 1. The minimum absolute atomic E-state index is 0.0882. The predicted molar refractivity (Wildman–Crippen MR) is 93.1 cm³/mol. The third kappa shape index (κ3) is 3.58. The van der Waals surface area contributed by atoms with Gasteiger partial charge in [0.1, 0.15) is 5.75 Å². The second-order valence-electron chi connectivity index (χ2n) is 5.78. The Balaban J connectivity index is 1.74. The van der Waals surface area contributed by atoms with Crippen molar-refractivity contribution in [2.45, 2.75) is 12.6 Å². The van der Waals surface area contributed by atoms with Crippen LogP contribution in [0, 0.1) is 0 Å². The quantitative estimate of drug-likeness (QED) is 0.890. The Morgan fingerprint density at radius 2 is 2.17 bits per heavy atom. The summed E-state index contributed by atoms with van der Waals surface area (Å²) in [7, 11) is 1.90. The molecule has 3 rings (SSSR count). The fourth-order valence-electron chi connectivity index (χ4n) is 2.69. The number of amides is 2. The summed E-state index contributed by atoms with van der Waals surface area (Å²) in [6.07, 6.45) is -0.828. The lowest BCUT2D eigenvalue weighted by Crippen LogP contribution is -2.51. The maximum absolute atomic E-state index is 12.7. The lowest BCUT2D eigenvalue weighted by atomic mass is 10.1. The average Bonchev–Trinajstić information content (AvgIpc) is 3.06. The predicted octanol–water partition coefficient (Wildman–Crippen LogP) is 1.46. The number of hydrogen-bond acceptors (Lipinski definition) is 5. The number of hydrogen-bond donors (Lipinski definition) is 1. The SMILES string of the molecule is CN(CC(=O)N1C[C@H](C(N)=O)Oc2ccccc21)Cc1ccsc1. The molecule has 0 saturated heterocycles. The van der Waals surface area contributed by atoms with Crippen LogP contribution >= 0.6 is 11.3 Å². The molecule has 2 N–H and O–H groups in total. The van der Waals surface area contributed by atoms with Crippen molar-refractivity contribution in [3.8, 4) is 5.75 Å². The standard InChI is InChI=1S/C17H19N3O3S/c1-19(8-12-6-7-24-11-12)10-16(21)20-9-15(17(18)22)23-14-5-3-2-4-13(14)20/h2-7,11,15H,8-10H2,1H3,(H2,18,22)/t15-/m1/s1. The molecule has 0 aliphatic carbocycles. The van der Waals surface area contributed by atoms with Crippen LogP contribution in [-0.4, -0.2) is 43.0 Å². The van der Waals surface area contributed by atoms with Crippen molar-refractivity contribution in [2.24, 2.45) is 5.73 Å². The highest BCUT2D eigenvalue weighted by atomic mass is 32.1. The third-order valence-corrected chi connectivity index (χ3v) is 4.56. The van der Waals surface area contributed by atoms with Gasteiger partial charge in [-0.3, -0.25) is 14.5 Å². The summed E-state index contributed by atoms with van der Waals surface area (Å²) in [6, 6.07) is 9.22. The number of rotatable bonds is 5. The first-order valence-electron chi connectivity index (χ1n) is 7.59. The van der Waals surface area contributed by atoms with Gasteiger partial charge in [0, 0.05) is 6.54 Å². The van der Waals surface area contributed by atoms with Gasteiger partial charge in [-0.2, -0.15) is 11.3 Å². The largest absolute Gasteiger partial charge is 0.477 e. The molecule has 0 bridgehead atoms. The van der Waals surface area contributed by atoms with Crippen molar-refractivity contribution in [1.29, 1.82) is 0 Å². The van der Waals surface area contributed by atoms with Crippen molar-refractivity contribution < 1.29 is 14.3 Å². The molecule has 0 unspecified atom stereocenters. The fourth-order valence-corrected chi connectivity index (χ4v) is 3.34. The highest BCUT2D eigenvalue weighted by molar-refractivity contribution is 7.07. The van der Waals surface area contributed by atoms with Crippen LogP contribution in [0.5, 0.6) is 5.75 Å². The maximum Gasteiger partial charge on any atom is 0.260 e. The molecule has 1 atom stereocenters. The number of benzene rings is 1. The van der Waals surface area contributed by atoms with Crippen molar-refractivity contribution in [1.82, 2.24) is 4.90 Å². The molecule has 0 spiro atoms. The van der Waals surface area contributed by atoms with E-state index < -0.39 is 12.0 Å². The Bertz CT molecular complexity index is 732. The lowest BCUT2D eigenvalue weighted by molar-refractivity contribution is -0.125. The summed E-state index contributed by atoms with van der Waals surface area (Å²) >= 11 is 1.63. The summed E-state index contributed by atoms with van der Waals surface area (Å²) in [5.41, 5.74) is 7.21. The normalized spacial score (nSPS) is 16.6. The zero-order valence-corrected chi connectivity index (χ0v) is 14.2. The molecule has 126 valence electrons. The molecule has 6 nitrogen and oxygen atoms in total. The number of thiophene rings is 1. The summed E-state index contributed by atoms with van der Waals surface area (Å²) in [6.45, 7) is 1.08. The van der Waals surface area contributed by atoms with Crippen LogP contribution in [0.1, 0.15) is 5.56 Å². The summed E-state index contributed by atoms with van der Waals surface area (Å²) < 4.78 is 5.58. The molecule has 2 aromatic rings. The van der Waals surface area contributed by atoms with E-state index in [0.717, 1.165) is 0 Å². The topological polar surface area (TPSA) is 75.9 Å². The van der Waals surface area contributed by atoms with Crippen LogP contribution < -0.4 is 15.4 Å². The van der Waals surface area contributed by atoms with Crippen LogP contribution in [0.4, 0.5) is 5.69 Å². The second kappa shape index (κ2) is 7.02. The van der Waals surface area contributed by atoms with Gasteiger partial charge in [0.2, 0.25) is 5.91 Å². The summed E-state index contributed by atoms with van der Waals surface area (Å²) in [5.74, 6) is -0.162. The van der Waals surface area contributed by atoms with Crippen molar-refractivity contribution in [2.75, 3.05) is 25.0 Å². The number of nitrogens with two attached hydrogens (primary N) is 1. The zero-order valence-electron chi connectivity index (χ0n) is 13.3. The van der Waals surface area contributed by atoms with Crippen molar-refractivity contribution in [3.63, 3.8) is 0 Å². The Kier molecular flexibility index (Phi) is 4.82. The van der Waals surface area contributed by atoms with Crippen molar-refractivity contribution >= 4 is 28.8 Å². The molecule has 1 aliphatic heterocycles. The highest BCUT2D eigenvalue weighted by Gasteiger charge is 2.32. The van der Waals surface area contributed by atoms with E-state index in [4.69, 9.17) is 10.5 Å². The first-order valence-corrected chi connectivity index (χ1v) is 8.54. The van der Waals surface area contributed by atoms with Gasteiger partial charge >= 0.3 is 0 Å². The molecule has 0 fully saturated rings. The summed E-state index contributed by atoms with van der Waals surface area (Å²) in [4.78, 5) is 27.8. The highest BCUT2D eigenvalue weighted by Crippen LogP contribution is 2.33. The molecule has 1 aromatic carbocycles. The molecule has 1 aliphatic rings. The minimum Gasteiger partial charge on any atom is -0.477 e. The minimum atomic E-state index is -0.828. The number of primary amides is 1. The molecule has 0 saturated carbocycles. The molecule has 7 heteroatoms. The van der Waals surface area contributed by atoms with E-state index in [1.165, 1.54) is 5.56 Å². The third-order valence-electron chi connectivity index (χ3n) is 3.83. The van der Waals surface area contributed by atoms with Gasteiger partial charge < -0.3 is 15.4 Å². The molecule has 2 amide bonds. The Morgan fingerprint density at radius 1 is 1.38 bits per heavy atom. The number of nitrogens with zero attached hydrogens (tertiary/aromatic N) is 2. The van der Waals surface area contributed by atoms with E-state index in [-0.39, 0.29) is 19.0 Å². The summed E-state index contributed by atoms with van der Waals surface area (Å²) in [5, 5.41) is 4.08. The number of para-hydroxylation sites is 2. The van der Waals surface area contributed by atoms with E-state index in [9.17, 15) is 9.59 Å². The molecule has 0 radical (unpaired) electrons. The first kappa shape index (κ1) is 16.5. The lowest BCUT2D eigenvalue weighted by Gasteiger charge is -2.34. The molecule has 24 heavy (non-hydrogen) atoms. The van der Waals surface area contributed by atoms with Crippen LogP contribution in [0.15, 0.2) is 41.1 Å². The van der Waals surface area contributed by atoms with E-state index in [1.54, 1.807) is 28.4 Å². The van der Waals surface area contributed by atoms with Gasteiger partial charge in [0.15, 0.2) is 6.10 Å². The van der Waals surface area contributed by atoms with Crippen LogP contribution in [-0.2, 0) is 16.1 Å². The molecular weight excluding hydrogens is 326 g/mol. The number of carbonyl (C=O) groups is 2. The number of carbonyl (C=O) groups excluding carboxylic acids is 2. The maximum atomic E-state index is 12.7. The molecule has 1 aromatic heterocycles. The smallest absolute Gasteiger partial charge is 0.260 e. The number of fused-ring (bicyclic) bond motifs is 1. The van der Waals surface area contributed by atoms with Gasteiger partial charge in [0.25, 0.3) is 5.91 Å². The monoisotopic (exact) mass is 345 g/mol. The van der Waals surface area contributed by atoms with Crippen LogP contribution in [0.25, 0.3) is 0 Å². The van der Waals surface area contributed by atoms with Gasteiger partial charge in [-0.05, 0) is 41.6 Å².